The van der Waals surface area contributed by atoms with Gasteiger partial charge in [0.2, 0.25) is 0 Å². The van der Waals surface area contributed by atoms with E-state index in [1.165, 1.54) is 6.42 Å². The molecular weight excluding hydrogens is 185 g/mol. The molecule has 0 aromatic heterocycles. The van der Waals surface area contributed by atoms with Crippen LogP contribution in [0.1, 0.15) is 33.1 Å². The van der Waals surface area contributed by atoms with E-state index < -0.39 is 0 Å². The number of unbranched alkanes of at least 4 members (excludes halogenated alkanes) is 2. The second-order valence-electron chi connectivity index (χ2n) is 1.64. The van der Waals surface area contributed by atoms with E-state index >= 15 is 0 Å². The molecule has 0 bridgehead atoms. The monoisotopic (exact) mass is 202 g/mol. The minimum atomic E-state index is 0. The van der Waals surface area contributed by atoms with Crippen LogP contribution in [0.2, 0.25) is 0 Å². The Bertz CT molecular complexity index is 18.5. The summed E-state index contributed by atoms with van der Waals surface area (Å²) in [6.45, 7) is 11.3. The molecule has 0 radical (unpaired) electrons. The number of hydrogen-bond donors (Lipinski definition) is 0. The van der Waals surface area contributed by atoms with Crippen LogP contribution in [-0.2, 0) is 32.7 Å². The van der Waals surface area contributed by atoms with Crippen LogP contribution in [0.5, 0.6) is 0 Å². The third-order valence-corrected chi connectivity index (χ3v) is 0.500. The summed E-state index contributed by atoms with van der Waals surface area (Å²) in [6.07, 6.45) is 5.23. The molecule has 1 heteroatoms. The van der Waals surface area contributed by atoms with Crippen molar-refractivity contribution in [2.75, 3.05) is 0 Å². The van der Waals surface area contributed by atoms with E-state index in [1.807, 2.05) is 20.3 Å². The van der Waals surface area contributed by atoms with Crippen molar-refractivity contribution in [3.63, 3.8) is 0 Å². The zero-order valence-corrected chi connectivity index (χ0v) is 9.53. The molecule has 0 atom stereocenters. The third kappa shape index (κ3) is 47.7. The molecule has 9 heavy (non-hydrogen) atoms. The Balaban J connectivity index is -0.0000000800. The van der Waals surface area contributed by atoms with E-state index in [-0.39, 0.29) is 32.7 Å². The summed E-state index contributed by atoms with van der Waals surface area (Å²) < 4.78 is 0. The molecule has 0 aliphatic carbocycles. The van der Waals surface area contributed by atoms with Crippen molar-refractivity contribution in [1.29, 1.82) is 0 Å². The quantitative estimate of drug-likeness (QED) is 0.603. The van der Waals surface area contributed by atoms with Gasteiger partial charge in [0.1, 0.15) is 0 Å². The molecule has 0 saturated carbocycles. The zero-order valence-electron chi connectivity index (χ0n) is 6.69. The van der Waals surface area contributed by atoms with Crippen molar-refractivity contribution in [1.82, 2.24) is 0 Å². The van der Waals surface area contributed by atoms with Crippen molar-refractivity contribution in [2.24, 2.45) is 0 Å². The molecule has 0 amide bonds. The Hall–Kier alpha value is 1.10. The summed E-state index contributed by atoms with van der Waals surface area (Å²) in [5, 5.41) is 0. The van der Waals surface area contributed by atoms with Gasteiger partial charge in [-0.1, -0.05) is 0 Å². The Labute approximate surface area is 85.7 Å². The third-order valence-electron chi connectivity index (χ3n) is 0.500. The van der Waals surface area contributed by atoms with Gasteiger partial charge in [-0.25, -0.2) is 0 Å². The molecule has 0 rings (SSSR count). The zero-order chi connectivity index (χ0) is 6.83. The van der Waals surface area contributed by atoms with E-state index in [2.05, 4.69) is 13.8 Å². The van der Waals surface area contributed by atoms with E-state index in [4.69, 9.17) is 0 Å². The molecule has 0 N–H and O–H groups in total. The molecular formula is C8H17Y. The Morgan fingerprint density at radius 2 is 1.33 bits per heavy atom. The van der Waals surface area contributed by atoms with Crippen LogP contribution < -0.4 is 0 Å². The second-order valence-corrected chi connectivity index (χ2v) is 1.64. The van der Waals surface area contributed by atoms with Gasteiger partial charge in [0.15, 0.2) is 0 Å². The van der Waals surface area contributed by atoms with Gasteiger partial charge in [-0.2, -0.15) is 26.7 Å². The first kappa shape index (κ1) is 16.6. The molecule has 0 aromatic rings. The van der Waals surface area contributed by atoms with Crippen LogP contribution in [-0.4, -0.2) is 0 Å². The molecule has 52 valence electrons. The summed E-state index contributed by atoms with van der Waals surface area (Å²) in [4.78, 5) is 0. The Morgan fingerprint density at radius 3 is 1.33 bits per heavy atom. The van der Waals surface area contributed by atoms with Gasteiger partial charge in [0.25, 0.3) is 0 Å². The topological polar surface area (TPSA) is 0 Å². The molecule has 0 fully saturated rings. The summed E-state index contributed by atoms with van der Waals surface area (Å²) >= 11 is 0. The first-order chi connectivity index (χ1) is 3.83. The molecule has 0 aromatic carbocycles. The minimum absolute atomic E-state index is 0. The van der Waals surface area contributed by atoms with Crippen molar-refractivity contribution >= 4 is 0 Å². The molecule has 0 nitrogen and oxygen atoms in total. The predicted octanol–water partition coefficient (Wildman–Crippen LogP) is 3.05. The number of hydrogen-bond acceptors (Lipinski definition) is 0. The van der Waals surface area contributed by atoms with E-state index in [1.54, 1.807) is 0 Å². The van der Waals surface area contributed by atoms with Crippen LogP contribution in [0.25, 0.3) is 0 Å². The molecule has 0 aliphatic heterocycles. The van der Waals surface area contributed by atoms with Gasteiger partial charge in [-0.15, -0.1) is 6.42 Å². The normalized spacial score (nSPS) is 6.67. The summed E-state index contributed by atoms with van der Waals surface area (Å²) in [6, 6.07) is 0. The van der Waals surface area contributed by atoms with E-state index in [0.717, 1.165) is 12.8 Å². The van der Waals surface area contributed by atoms with Gasteiger partial charge in [-0.05, 0) is 0 Å². The first-order valence-corrected chi connectivity index (χ1v) is 3.15. The van der Waals surface area contributed by atoms with Gasteiger partial charge in [0, 0.05) is 0 Å². The number of rotatable bonds is 2. The standard InChI is InChI=1S/C5H10.C3H7.Y/c1-3-5-4-2;1-3-2;/h1-5H2;3H,1-2H3;/q-2;-1;+3. The van der Waals surface area contributed by atoms with Crippen LogP contribution in [0, 0.1) is 20.3 Å². The second kappa shape index (κ2) is 23.0. The van der Waals surface area contributed by atoms with Crippen molar-refractivity contribution in [3.05, 3.63) is 20.3 Å². The smallest absolute Gasteiger partial charge is 0.343 e. The van der Waals surface area contributed by atoms with Gasteiger partial charge >= 0.3 is 32.7 Å². The molecule has 0 aliphatic rings. The maximum absolute atomic E-state index is 3.64. The fourth-order valence-corrected chi connectivity index (χ4v) is 0.177. The van der Waals surface area contributed by atoms with E-state index in [0.29, 0.717) is 0 Å². The van der Waals surface area contributed by atoms with Crippen LogP contribution >= 0.6 is 0 Å². The first-order valence-electron chi connectivity index (χ1n) is 3.15. The summed E-state index contributed by atoms with van der Waals surface area (Å²) in [7, 11) is 0. The fraction of sp³-hybridized carbons (Fsp3) is 0.625. The summed E-state index contributed by atoms with van der Waals surface area (Å²) in [5.41, 5.74) is 0. The average molecular weight is 202 g/mol. The minimum Gasteiger partial charge on any atom is -0.343 e. The molecule has 0 unspecified atom stereocenters. The average Bonchev–Trinajstić information content (AvgIpc) is 1.71. The van der Waals surface area contributed by atoms with E-state index in [9.17, 15) is 0 Å². The van der Waals surface area contributed by atoms with Crippen molar-refractivity contribution in [3.8, 4) is 0 Å². The van der Waals surface area contributed by atoms with Crippen LogP contribution in [0.4, 0.5) is 0 Å². The maximum atomic E-state index is 3.64. The molecule has 0 spiro atoms. The van der Waals surface area contributed by atoms with Gasteiger partial charge < -0.3 is 20.3 Å². The summed E-state index contributed by atoms with van der Waals surface area (Å²) in [5.74, 6) is 0. The Morgan fingerprint density at radius 1 is 1.11 bits per heavy atom. The molecule has 0 heterocycles. The fourth-order valence-electron chi connectivity index (χ4n) is 0.177. The molecule has 0 saturated heterocycles. The van der Waals surface area contributed by atoms with Crippen LogP contribution in [0.3, 0.4) is 0 Å². The largest absolute Gasteiger partial charge is 3.00 e. The van der Waals surface area contributed by atoms with Crippen LogP contribution in [0.15, 0.2) is 0 Å². The van der Waals surface area contributed by atoms with Gasteiger partial charge in [-0.3, -0.25) is 0 Å². The van der Waals surface area contributed by atoms with Gasteiger partial charge in [0.05, 0.1) is 0 Å². The maximum Gasteiger partial charge on any atom is 3.00 e. The van der Waals surface area contributed by atoms with Crippen molar-refractivity contribution in [2.45, 2.75) is 33.1 Å². The van der Waals surface area contributed by atoms with Crippen molar-refractivity contribution < 1.29 is 32.7 Å². The Kier molecular flexibility index (Phi) is 42.3. The predicted molar refractivity (Wildman–Crippen MR) is 40.2 cm³/mol. The SMILES string of the molecule is C[CH-]C.[CH2-]CCC[CH2-].[Y+3].